The standard InChI is InChI=1S/C7H13F3N2/c1-11-5-2-6(3-5)12-4-7(8,9)10/h5-6,11-12H,2-4H2,1H3. The van der Waals surface area contributed by atoms with Crippen LogP contribution >= 0.6 is 0 Å². The fourth-order valence-electron chi connectivity index (χ4n) is 1.28. The zero-order valence-electron chi connectivity index (χ0n) is 6.91. The second kappa shape index (κ2) is 3.62. The van der Waals surface area contributed by atoms with E-state index in [9.17, 15) is 13.2 Å². The molecular weight excluding hydrogens is 169 g/mol. The maximum atomic E-state index is 11.7. The van der Waals surface area contributed by atoms with E-state index in [1.54, 1.807) is 0 Å². The molecular formula is C7H13F3N2. The predicted octanol–water partition coefficient (Wildman–Crippen LogP) is 0.889. The Morgan fingerprint density at radius 1 is 1.25 bits per heavy atom. The van der Waals surface area contributed by atoms with Gasteiger partial charge >= 0.3 is 6.18 Å². The summed E-state index contributed by atoms with van der Waals surface area (Å²) in [6, 6.07) is 0.444. The smallest absolute Gasteiger partial charge is 0.317 e. The number of hydrogen-bond acceptors (Lipinski definition) is 2. The Morgan fingerprint density at radius 2 is 1.83 bits per heavy atom. The third kappa shape index (κ3) is 2.98. The third-order valence-corrected chi connectivity index (χ3v) is 2.14. The highest BCUT2D eigenvalue weighted by atomic mass is 19.4. The molecule has 0 aromatic heterocycles. The molecule has 0 aromatic rings. The van der Waals surface area contributed by atoms with Crippen LogP contribution in [0.5, 0.6) is 0 Å². The van der Waals surface area contributed by atoms with Crippen LogP contribution < -0.4 is 10.6 Å². The average Bonchev–Trinajstić information content (AvgIpc) is 1.82. The first-order chi connectivity index (χ1) is 5.51. The molecule has 0 atom stereocenters. The number of hydrogen-bond donors (Lipinski definition) is 2. The van der Waals surface area contributed by atoms with Gasteiger partial charge in [0.1, 0.15) is 0 Å². The molecule has 0 amide bonds. The Balaban J connectivity index is 2.04. The van der Waals surface area contributed by atoms with Crippen molar-refractivity contribution < 1.29 is 13.2 Å². The van der Waals surface area contributed by atoms with Crippen molar-refractivity contribution >= 4 is 0 Å². The van der Waals surface area contributed by atoms with Gasteiger partial charge in [0.2, 0.25) is 0 Å². The summed E-state index contributed by atoms with van der Waals surface area (Å²) in [4.78, 5) is 0. The van der Waals surface area contributed by atoms with E-state index in [0.29, 0.717) is 6.04 Å². The second-order valence-electron chi connectivity index (χ2n) is 3.15. The van der Waals surface area contributed by atoms with Crippen LogP contribution in [0, 0.1) is 0 Å². The van der Waals surface area contributed by atoms with Gasteiger partial charge in [0, 0.05) is 12.1 Å². The maximum Gasteiger partial charge on any atom is 0.401 e. The Labute approximate surface area is 69.5 Å². The van der Waals surface area contributed by atoms with E-state index in [0.717, 1.165) is 12.8 Å². The van der Waals surface area contributed by atoms with Crippen molar-refractivity contribution in [2.75, 3.05) is 13.6 Å². The normalized spacial score (nSPS) is 30.0. The first-order valence-electron chi connectivity index (χ1n) is 3.98. The molecule has 0 saturated heterocycles. The molecule has 0 aromatic carbocycles. The van der Waals surface area contributed by atoms with Crippen LogP contribution in [0.25, 0.3) is 0 Å². The lowest BCUT2D eigenvalue weighted by Crippen LogP contribution is -2.51. The summed E-state index contributed by atoms with van der Waals surface area (Å²) in [6.07, 6.45) is -2.48. The minimum Gasteiger partial charge on any atom is -0.317 e. The lowest BCUT2D eigenvalue weighted by molar-refractivity contribution is -0.127. The predicted molar refractivity (Wildman–Crippen MR) is 39.9 cm³/mol. The van der Waals surface area contributed by atoms with Crippen LogP contribution in [-0.2, 0) is 0 Å². The van der Waals surface area contributed by atoms with Gasteiger partial charge in [-0.1, -0.05) is 0 Å². The van der Waals surface area contributed by atoms with Crippen molar-refractivity contribution in [3.05, 3.63) is 0 Å². The second-order valence-corrected chi connectivity index (χ2v) is 3.15. The highest BCUT2D eigenvalue weighted by molar-refractivity contribution is 4.89. The molecule has 0 unspecified atom stereocenters. The highest BCUT2D eigenvalue weighted by Gasteiger charge is 2.32. The summed E-state index contributed by atoms with van der Waals surface area (Å²) in [5.41, 5.74) is 0. The van der Waals surface area contributed by atoms with E-state index < -0.39 is 12.7 Å². The summed E-state index contributed by atoms with van der Waals surface area (Å²) < 4.78 is 35.0. The fourth-order valence-corrected chi connectivity index (χ4v) is 1.28. The summed E-state index contributed by atoms with van der Waals surface area (Å²) in [6.45, 7) is -0.867. The number of rotatable bonds is 3. The van der Waals surface area contributed by atoms with Crippen molar-refractivity contribution in [3.8, 4) is 0 Å². The molecule has 12 heavy (non-hydrogen) atoms. The van der Waals surface area contributed by atoms with Gasteiger partial charge < -0.3 is 10.6 Å². The topological polar surface area (TPSA) is 24.1 Å². The molecule has 0 radical (unpaired) electrons. The minimum atomic E-state index is -4.08. The Kier molecular flexibility index (Phi) is 2.95. The maximum absolute atomic E-state index is 11.7. The van der Waals surface area contributed by atoms with Crippen molar-refractivity contribution in [1.82, 2.24) is 10.6 Å². The highest BCUT2D eigenvalue weighted by Crippen LogP contribution is 2.21. The van der Waals surface area contributed by atoms with E-state index in [-0.39, 0.29) is 6.04 Å². The lowest BCUT2D eigenvalue weighted by Gasteiger charge is -2.35. The van der Waals surface area contributed by atoms with Gasteiger partial charge in [0.05, 0.1) is 6.54 Å². The largest absolute Gasteiger partial charge is 0.401 e. The van der Waals surface area contributed by atoms with Crippen LogP contribution in [-0.4, -0.2) is 31.9 Å². The zero-order valence-corrected chi connectivity index (χ0v) is 6.91. The molecule has 2 N–H and O–H groups in total. The van der Waals surface area contributed by atoms with Gasteiger partial charge in [-0.2, -0.15) is 13.2 Å². The first kappa shape index (κ1) is 9.80. The molecule has 1 rings (SSSR count). The van der Waals surface area contributed by atoms with E-state index in [2.05, 4.69) is 10.6 Å². The Hall–Kier alpha value is -0.290. The van der Waals surface area contributed by atoms with E-state index in [1.807, 2.05) is 7.05 Å². The first-order valence-corrected chi connectivity index (χ1v) is 3.98. The van der Waals surface area contributed by atoms with Gasteiger partial charge in [-0.3, -0.25) is 0 Å². The summed E-state index contributed by atoms with van der Waals surface area (Å²) >= 11 is 0. The molecule has 0 bridgehead atoms. The molecule has 2 nitrogen and oxygen atoms in total. The lowest BCUT2D eigenvalue weighted by atomic mass is 9.87. The van der Waals surface area contributed by atoms with E-state index in [1.165, 1.54) is 0 Å². The van der Waals surface area contributed by atoms with Gasteiger partial charge in [-0.05, 0) is 19.9 Å². The summed E-state index contributed by atoms with van der Waals surface area (Å²) in [5, 5.41) is 5.47. The zero-order chi connectivity index (χ0) is 9.19. The van der Waals surface area contributed by atoms with Crippen LogP contribution in [0.15, 0.2) is 0 Å². The summed E-state index contributed by atoms with van der Waals surface area (Å²) in [7, 11) is 1.82. The number of nitrogens with one attached hydrogen (secondary N) is 2. The molecule has 1 saturated carbocycles. The minimum absolute atomic E-state index is 0.0454. The Morgan fingerprint density at radius 3 is 2.25 bits per heavy atom. The van der Waals surface area contributed by atoms with Crippen molar-refractivity contribution in [2.24, 2.45) is 0 Å². The third-order valence-electron chi connectivity index (χ3n) is 2.14. The molecule has 1 aliphatic rings. The van der Waals surface area contributed by atoms with Gasteiger partial charge in [-0.25, -0.2) is 0 Å². The quantitative estimate of drug-likeness (QED) is 0.677. The molecule has 1 aliphatic carbocycles. The molecule has 5 heteroatoms. The van der Waals surface area contributed by atoms with Crippen molar-refractivity contribution in [2.45, 2.75) is 31.1 Å². The molecule has 0 aliphatic heterocycles. The monoisotopic (exact) mass is 182 g/mol. The molecule has 0 spiro atoms. The van der Waals surface area contributed by atoms with Crippen molar-refractivity contribution in [3.63, 3.8) is 0 Å². The average molecular weight is 182 g/mol. The van der Waals surface area contributed by atoms with Crippen molar-refractivity contribution in [1.29, 1.82) is 0 Å². The van der Waals surface area contributed by atoms with Crippen LogP contribution in [0.1, 0.15) is 12.8 Å². The van der Waals surface area contributed by atoms with E-state index in [4.69, 9.17) is 0 Å². The number of halogens is 3. The molecule has 0 heterocycles. The molecule has 72 valence electrons. The van der Waals surface area contributed by atoms with Gasteiger partial charge in [0.15, 0.2) is 0 Å². The van der Waals surface area contributed by atoms with Crippen LogP contribution in [0.3, 0.4) is 0 Å². The van der Waals surface area contributed by atoms with Crippen LogP contribution in [0.2, 0.25) is 0 Å². The van der Waals surface area contributed by atoms with Crippen LogP contribution in [0.4, 0.5) is 13.2 Å². The van der Waals surface area contributed by atoms with Gasteiger partial charge in [-0.15, -0.1) is 0 Å². The van der Waals surface area contributed by atoms with E-state index >= 15 is 0 Å². The fraction of sp³-hybridized carbons (Fsp3) is 1.00. The number of alkyl halides is 3. The van der Waals surface area contributed by atoms with Gasteiger partial charge in [0.25, 0.3) is 0 Å². The Bertz CT molecular complexity index is 140. The summed E-state index contributed by atoms with van der Waals surface area (Å²) in [5.74, 6) is 0. The SMILES string of the molecule is CNC1CC(NCC(F)(F)F)C1. The molecule has 1 fully saturated rings.